The minimum atomic E-state index is -0.495. The molecule has 2 heterocycles. The summed E-state index contributed by atoms with van der Waals surface area (Å²) in [6, 6.07) is 10.5. The quantitative estimate of drug-likeness (QED) is 0.702. The predicted molar refractivity (Wildman–Crippen MR) is 116 cm³/mol. The number of nitrogens with one attached hydrogen (secondary N) is 1. The molecule has 1 aliphatic carbocycles. The summed E-state index contributed by atoms with van der Waals surface area (Å²) < 4.78 is 0. The Morgan fingerprint density at radius 1 is 1.03 bits per heavy atom. The molecule has 3 aliphatic rings. The van der Waals surface area contributed by atoms with Gasteiger partial charge in [-0.05, 0) is 50.0 Å². The zero-order chi connectivity index (χ0) is 21.8. The number of nitrogens with zero attached hydrogens (tertiary/aromatic N) is 2. The molecule has 2 N–H and O–H groups in total. The zero-order valence-electron chi connectivity index (χ0n) is 17.9. The minimum absolute atomic E-state index is 0.0677. The van der Waals surface area contributed by atoms with E-state index in [0.717, 1.165) is 38.6 Å². The van der Waals surface area contributed by atoms with Gasteiger partial charge >= 0.3 is 0 Å². The van der Waals surface area contributed by atoms with Gasteiger partial charge in [0.1, 0.15) is 0 Å². The van der Waals surface area contributed by atoms with E-state index in [4.69, 9.17) is 0 Å². The molecule has 0 radical (unpaired) electrons. The molecule has 1 saturated carbocycles. The van der Waals surface area contributed by atoms with Crippen molar-refractivity contribution >= 4 is 17.7 Å². The molecule has 0 unspecified atom stereocenters. The molecule has 1 saturated heterocycles. The Hall–Kier alpha value is -2.83. The second-order valence-electron chi connectivity index (χ2n) is 8.82. The normalized spacial score (nSPS) is 24.3. The lowest BCUT2D eigenvalue weighted by atomic mass is 9.82. The van der Waals surface area contributed by atoms with Gasteiger partial charge in [0.05, 0.1) is 12.1 Å². The van der Waals surface area contributed by atoms with Crippen molar-refractivity contribution in [1.82, 2.24) is 15.1 Å². The molecule has 0 aromatic heterocycles. The maximum Gasteiger partial charge on any atom is 0.289 e. The molecule has 2 aliphatic heterocycles. The van der Waals surface area contributed by atoms with E-state index < -0.39 is 11.7 Å². The van der Waals surface area contributed by atoms with Crippen LogP contribution in [-0.4, -0.2) is 64.8 Å². The van der Waals surface area contributed by atoms with Crippen molar-refractivity contribution in [2.45, 2.75) is 56.9 Å². The van der Waals surface area contributed by atoms with E-state index in [1.54, 1.807) is 0 Å². The first-order valence-corrected chi connectivity index (χ1v) is 11.4. The lowest BCUT2D eigenvalue weighted by molar-refractivity contribution is -0.128. The van der Waals surface area contributed by atoms with Crippen LogP contribution >= 0.6 is 0 Å². The molecule has 1 aromatic carbocycles. The fourth-order valence-corrected chi connectivity index (χ4v) is 4.94. The van der Waals surface area contributed by atoms with Crippen molar-refractivity contribution in [1.29, 1.82) is 0 Å². The number of likely N-dealkylation sites (tertiary alicyclic amines) is 1. The fraction of sp³-hybridized carbons (Fsp3) is 0.542. The van der Waals surface area contributed by atoms with Gasteiger partial charge in [-0.15, -0.1) is 0 Å². The first kappa shape index (κ1) is 21.4. The van der Waals surface area contributed by atoms with E-state index in [1.807, 2.05) is 11.0 Å². The second kappa shape index (κ2) is 9.54. The number of aliphatic hydroxyl groups excluding tert-OH is 1. The topological polar surface area (TPSA) is 89.9 Å². The number of carbonyl (C=O) groups excluding carboxylic acids is 3. The molecule has 0 bridgehead atoms. The Morgan fingerprint density at radius 2 is 1.74 bits per heavy atom. The third-order valence-corrected chi connectivity index (χ3v) is 6.76. The highest BCUT2D eigenvalue weighted by atomic mass is 16.3. The van der Waals surface area contributed by atoms with Crippen LogP contribution in [0.15, 0.2) is 41.7 Å². The van der Waals surface area contributed by atoms with E-state index in [0.29, 0.717) is 31.8 Å². The summed E-state index contributed by atoms with van der Waals surface area (Å²) in [5.74, 6) is -0.589. The molecular weight excluding hydrogens is 394 g/mol. The molecule has 3 amide bonds. The number of hydrogen-bond acceptors (Lipinski definition) is 4. The Morgan fingerprint density at radius 3 is 2.42 bits per heavy atom. The lowest BCUT2D eigenvalue weighted by Gasteiger charge is -2.29. The highest BCUT2D eigenvalue weighted by Gasteiger charge is 2.35. The molecule has 31 heavy (non-hydrogen) atoms. The van der Waals surface area contributed by atoms with Gasteiger partial charge in [-0.3, -0.25) is 14.4 Å². The molecule has 2 fully saturated rings. The van der Waals surface area contributed by atoms with E-state index in [2.05, 4.69) is 29.6 Å². The summed E-state index contributed by atoms with van der Waals surface area (Å²) in [6.07, 6.45) is 5.94. The summed E-state index contributed by atoms with van der Waals surface area (Å²) in [5, 5.41) is 13.3. The van der Waals surface area contributed by atoms with Gasteiger partial charge in [-0.25, -0.2) is 0 Å². The molecule has 1 aromatic rings. The van der Waals surface area contributed by atoms with Crippen molar-refractivity contribution in [2.24, 2.45) is 0 Å². The van der Waals surface area contributed by atoms with Crippen LogP contribution < -0.4 is 5.32 Å². The van der Waals surface area contributed by atoms with Crippen LogP contribution in [0.2, 0.25) is 0 Å². The van der Waals surface area contributed by atoms with E-state index in [9.17, 15) is 19.5 Å². The predicted octanol–water partition coefficient (Wildman–Crippen LogP) is 2.50. The summed E-state index contributed by atoms with van der Waals surface area (Å²) in [4.78, 5) is 40.1. The third kappa shape index (κ3) is 4.92. The fourth-order valence-electron chi connectivity index (χ4n) is 4.94. The van der Waals surface area contributed by atoms with Crippen molar-refractivity contribution in [3.8, 4) is 0 Å². The Kier molecular flexibility index (Phi) is 6.59. The van der Waals surface area contributed by atoms with Gasteiger partial charge in [0, 0.05) is 32.1 Å². The molecule has 0 spiro atoms. The highest BCUT2D eigenvalue weighted by molar-refractivity contribution is 6.07. The largest absolute Gasteiger partial charge is 0.503 e. The SMILES string of the molecule is O=C(N[C@H]1CC[C@@H](c2ccccc2)CC1)C1=C(O)C(=O)N(CCCN2CCCC2=O)C1. The van der Waals surface area contributed by atoms with Crippen LogP contribution in [0.25, 0.3) is 0 Å². The van der Waals surface area contributed by atoms with Gasteiger partial charge in [-0.2, -0.15) is 0 Å². The summed E-state index contributed by atoms with van der Waals surface area (Å²) >= 11 is 0. The maximum absolute atomic E-state index is 12.7. The van der Waals surface area contributed by atoms with Crippen LogP contribution in [0.3, 0.4) is 0 Å². The number of hydrogen-bond donors (Lipinski definition) is 2. The van der Waals surface area contributed by atoms with E-state index in [1.165, 1.54) is 10.5 Å². The number of rotatable bonds is 7. The van der Waals surface area contributed by atoms with Crippen molar-refractivity contribution in [2.75, 3.05) is 26.2 Å². The van der Waals surface area contributed by atoms with E-state index >= 15 is 0 Å². The Balaban J connectivity index is 1.24. The van der Waals surface area contributed by atoms with Crippen molar-refractivity contribution < 1.29 is 19.5 Å². The van der Waals surface area contributed by atoms with Crippen LogP contribution in [0.4, 0.5) is 0 Å². The maximum atomic E-state index is 12.7. The lowest BCUT2D eigenvalue weighted by Crippen LogP contribution is -2.39. The molecule has 0 atom stereocenters. The van der Waals surface area contributed by atoms with Crippen LogP contribution in [0.5, 0.6) is 0 Å². The minimum Gasteiger partial charge on any atom is -0.503 e. The zero-order valence-corrected chi connectivity index (χ0v) is 17.9. The third-order valence-electron chi connectivity index (χ3n) is 6.76. The van der Waals surface area contributed by atoms with E-state index in [-0.39, 0.29) is 30.0 Å². The standard InChI is InChI=1S/C24H31N3O4/c28-21-8-4-13-26(21)14-5-15-27-16-20(22(29)24(27)31)23(30)25-19-11-9-18(10-12-19)17-6-2-1-3-7-17/h1-3,6-7,18-19,29H,4-5,8-16H2,(H,25,30)/t18-,19+. The summed E-state index contributed by atoms with van der Waals surface area (Å²) in [5.41, 5.74) is 1.51. The van der Waals surface area contributed by atoms with Gasteiger partial charge in [-0.1, -0.05) is 30.3 Å². The second-order valence-corrected chi connectivity index (χ2v) is 8.82. The smallest absolute Gasteiger partial charge is 0.289 e. The molecule has 7 nitrogen and oxygen atoms in total. The van der Waals surface area contributed by atoms with Gasteiger partial charge in [0.2, 0.25) is 5.91 Å². The molecule has 166 valence electrons. The number of aliphatic hydroxyl groups is 1. The van der Waals surface area contributed by atoms with Gasteiger partial charge in [0.25, 0.3) is 11.8 Å². The first-order chi connectivity index (χ1) is 15.0. The average molecular weight is 426 g/mol. The van der Waals surface area contributed by atoms with Crippen LogP contribution in [-0.2, 0) is 14.4 Å². The van der Waals surface area contributed by atoms with Crippen molar-refractivity contribution in [3.05, 3.63) is 47.2 Å². The Bertz CT molecular complexity index is 859. The first-order valence-electron chi connectivity index (χ1n) is 11.4. The average Bonchev–Trinajstić information content (AvgIpc) is 3.32. The summed E-state index contributed by atoms with van der Waals surface area (Å²) in [7, 11) is 0. The Labute approximate surface area is 183 Å². The monoisotopic (exact) mass is 425 g/mol. The number of amides is 3. The molecule has 4 rings (SSSR count). The van der Waals surface area contributed by atoms with Crippen LogP contribution in [0.1, 0.15) is 56.4 Å². The number of benzene rings is 1. The molecule has 7 heteroatoms. The molecular formula is C24H31N3O4. The van der Waals surface area contributed by atoms with Gasteiger partial charge in [0.15, 0.2) is 5.76 Å². The highest BCUT2D eigenvalue weighted by Crippen LogP contribution is 2.33. The van der Waals surface area contributed by atoms with Gasteiger partial charge < -0.3 is 20.2 Å². The number of carbonyl (C=O) groups is 3. The summed E-state index contributed by atoms with van der Waals surface area (Å²) in [6.45, 7) is 1.93. The van der Waals surface area contributed by atoms with Crippen LogP contribution in [0, 0.1) is 0 Å². The van der Waals surface area contributed by atoms with Crippen molar-refractivity contribution in [3.63, 3.8) is 0 Å².